The van der Waals surface area contributed by atoms with Crippen molar-refractivity contribution >= 4 is 0 Å². The minimum Gasteiger partial charge on any atom is -0.494 e. The Morgan fingerprint density at radius 2 is 2.14 bits per heavy atom. The number of benzene rings is 1. The van der Waals surface area contributed by atoms with E-state index in [1.807, 2.05) is 13.0 Å². The monoisotopic (exact) mass is 290 g/mol. The SMILES string of the molecule is CCOc1cccc(C2C(CN)CCCCN2C(C)C)c1. The summed E-state index contributed by atoms with van der Waals surface area (Å²) in [5.41, 5.74) is 7.46. The Bertz CT molecular complexity index is 433. The van der Waals surface area contributed by atoms with E-state index in [4.69, 9.17) is 10.5 Å². The standard InChI is InChI=1S/C18H30N2O/c1-4-21-17-10-7-9-15(12-17)18-16(13-19)8-5-6-11-20(18)14(2)3/h7,9-10,12,14,16,18H,4-6,8,11,13,19H2,1-3H3. The first kappa shape index (κ1) is 16.3. The van der Waals surface area contributed by atoms with Crippen molar-refractivity contribution in [3.05, 3.63) is 29.8 Å². The fourth-order valence-corrected chi connectivity index (χ4v) is 3.51. The van der Waals surface area contributed by atoms with Gasteiger partial charge >= 0.3 is 0 Å². The highest BCUT2D eigenvalue weighted by Gasteiger charge is 2.31. The van der Waals surface area contributed by atoms with E-state index >= 15 is 0 Å². The van der Waals surface area contributed by atoms with E-state index in [2.05, 4.69) is 36.9 Å². The molecular formula is C18H30N2O. The fourth-order valence-electron chi connectivity index (χ4n) is 3.51. The third-order valence-electron chi connectivity index (χ3n) is 4.52. The number of hydrogen-bond donors (Lipinski definition) is 1. The molecule has 0 amide bonds. The molecule has 1 heterocycles. The molecule has 2 unspecified atom stereocenters. The number of likely N-dealkylation sites (tertiary alicyclic amines) is 1. The molecule has 2 atom stereocenters. The summed E-state index contributed by atoms with van der Waals surface area (Å²) in [5, 5.41) is 0. The molecule has 21 heavy (non-hydrogen) atoms. The van der Waals surface area contributed by atoms with Gasteiger partial charge in [-0.2, -0.15) is 0 Å². The maximum absolute atomic E-state index is 6.10. The summed E-state index contributed by atoms with van der Waals surface area (Å²) in [6, 6.07) is 9.54. The van der Waals surface area contributed by atoms with E-state index in [-0.39, 0.29) is 0 Å². The molecule has 0 aliphatic carbocycles. The van der Waals surface area contributed by atoms with Crippen molar-refractivity contribution in [2.45, 2.75) is 52.1 Å². The Balaban J connectivity index is 2.34. The second-order valence-corrected chi connectivity index (χ2v) is 6.27. The van der Waals surface area contributed by atoms with Crippen molar-refractivity contribution in [1.29, 1.82) is 0 Å². The highest BCUT2D eigenvalue weighted by atomic mass is 16.5. The highest BCUT2D eigenvalue weighted by molar-refractivity contribution is 5.31. The van der Waals surface area contributed by atoms with E-state index in [1.165, 1.54) is 24.8 Å². The molecule has 1 aliphatic heterocycles. The van der Waals surface area contributed by atoms with Gasteiger partial charge in [-0.25, -0.2) is 0 Å². The summed E-state index contributed by atoms with van der Waals surface area (Å²) in [7, 11) is 0. The Morgan fingerprint density at radius 3 is 2.81 bits per heavy atom. The van der Waals surface area contributed by atoms with Crippen molar-refractivity contribution in [1.82, 2.24) is 4.90 Å². The zero-order valence-electron chi connectivity index (χ0n) is 13.7. The summed E-state index contributed by atoms with van der Waals surface area (Å²) in [6.07, 6.45) is 3.78. The maximum atomic E-state index is 6.10. The van der Waals surface area contributed by atoms with Gasteiger partial charge in [0.05, 0.1) is 6.61 Å². The topological polar surface area (TPSA) is 38.5 Å². The average Bonchev–Trinajstić information content (AvgIpc) is 2.70. The second kappa shape index (κ2) is 7.81. The Labute approximate surface area is 129 Å². The van der Waals surface area contributed by atoms with Crippen LogP contribution in [0.4, 0.5) is 0 Å². The Hall–Kier alpha value is -1.06. The largest absolute Gasteiger partial charge is 0.494 e. The molecule has 1 fully saturated rings. The van der Waals surface area contributed by atoms with Gasteiger partial charge in [0, 0.05) is 12.1 Å². The quantitative estimate of drug-likeness (QED) is 0.900. The van der Waals surface area contributed by atoms with Crippen molar-refractivity contribution in [2.75, 3.05) is 19.7 Å². The van der Waals surface area contributed by atoms with E-state index < -0.39 is 0 Å². The molecular weight excluding hydrogens is 260 g/mol. The van der Waals surface area contributed by atoms with Crippen LogP contribution in [-0.2, 0) is 0 Å². The Morgan fingerprint density at radius 1 is 1.33 bits per heavy atom. The molecule has 0 aromatic heterocycles. The molecule has 118 valence electrons. The molecule has 3 nitrogen and oxygen atoms in total. The smallest absolute Gasteiger partial charge is 0.119 e. The lowest BCUT2D eigenvalue weighted by molar-refractivity contribution is 0.121. The van der Waals surface area contributed by atoms with Gasteiger partial charge in [-0.3, -0.25) is 4.90 Å². The lowest BCUT2D eigenvalue weighted by Gasteiger charge is -2.38. The van der Waals surface area contributed by atoms with E-state index in [0.717, 1.165) is 18.8 Å². The molecule has 0 radical (unpaired) electrons. The van der Waals surface area contributed by atoms with Gasteiger partial charge in [-0.1, -0.05) is 18.6 Å². The molecule has 1 aromatic carbocycles. The normalized spacial score (nSPS) is 24.0. The summed E-state index contributed by atoms with van der Waals surface area (Å²) in [4.78, 5) is 2.62. The van der Waals surface area contributed by atoms with Crippen molar-refractivity contribution < 1.29 is 4.74 Å². The zero-order valence-corrected chi connectivity index (χ0v) is 13.7. The number of ether oxygens (including phenoxy) is 1. The van der Waals surface area contributed by atoms with Gasteiger partial charge < -0.3 is 10.5 Å². The first-order valence-electron chi connectivity index (χ1n) is 8.36. The predicted octanol–water partition coefficient (Wildman–Crippen LogP) is 3.60. The van der Waals surface area contributed by atoms with E-state index in [1.54, 1.807) is 0 Å². The van der Waals surface area contributed by atoms with Crippen molar-refractivity contribution in [2.24, 2.45) is 11.7 Å². The van der Waals surface area contributed by atoms with Crippen LogP contribution in [-0.4, -0.2) is 30.6 Å². The molecule has 0 spiro atoms. The molecule has 1 saturated heterocycles. The first-order chi connectivity index (χ1) is 10.2. The van der Waals surface area contributed by atoms with Crippen LogP contribution in [0.15, 0.2) is 24.3 Å². The lowest BCUT2D eigenvalue weighted by atomic mass is 9.88. The van der Waals surface area contributed by atoms with Crippen LogP contribution in [0.25, 0.3) is 0 Å². The van der Waals surface area contributed by atoms with E-state index in [0.29, 0.717) is 24.6 Å². The third kappa shape index (κ3) is 3.98. The molecule has 2 N–H and O–H groups in total. The fraction of sp³-hybridized carbons (Fsp3) is 0.667. The van der Waals surface area contributed by atoms with E-state index in [9.17, 15) is 0 Å². The Kier molecular flexibility index (Phi) is 6.07. The first-order valence-corrected chi connectivity index (χ1v) is 8.36. The minimum absolute atomic E-state index is 0.415. The predicted molar refractivity (Wildman–Crippen MR) is 88.6 cm³/mol. The van der Waals surface area contributed by atoms with Crippen LogP contribution < -0.4 is 10.5 Å². The van der Waals surface area contributed by atoms with Crippen LogP contribution in [0.1, 0.15) is 51.6 Å². The van der Waals surface area contributed by atoms with Crippen LogP contribution in [0, 0.1) is 5.92 Å². The molecule has 2 rings (SSSR count). The van der Waals surface area contributed by atoms with Gasteiger partial charge in [0.2, 0.25) is 0 Å². The van der Waals surface area contributed by atoms with Crippen molar-refractivity contribution in [3.8, 4) is 5.75 Å². The molecule has 1 aromatic rings. The average molecular weight is 290 g/mol. The molecule has 3 heteroatoms. The number of rotatable bonds is 5. The summed E-state index contributed by atoms with van der Waals surface area (Å²) < 4.78 is 5.68. The van der Waals surface area contributed by atoms with Gasteiger partial charge in [0.15, 0.2) is 0 Å². The van der Waals surface area contributed by atoms with Gasteiger partial charge in [0.1, 0.15) is 5.75 Å². The minimum atomic E-state index is 0.415. The molecule has 1 aliphatic rings. The third-order valence-corrected chi connectivity index (χ3v) is 4.52. The van der Waals surface area contributed by atoms with Crippen LogP contribution in [0.2, 0.25) is 0 Å². The summed E-state index contributed by atoms with van der Waals surface area (Å²) >= 11 is 0. The van der Waals surface area contributed by atoms with Gasteiger partial charge in [0.25, 0.3) is 0 Å². The molecule has 0 saturated carbocycles. The van der Waals surface area contributed by atoms with Crippen molar-refractivity contribution in [3.63, 3.8) is 0 Å². The summed E-state index contributed by atoms with van der Waals surface area (Å²) in [5.74, 6) is 1.51. The van der Waals surface area contributed by atoms with Gasteiger partial charge in [-0.05, 0) is 70.3 Å². The second-order valence-electron chi connectivity index (χ2n) is 6.27. The van der Waals surface area contributed by atoms with Crippen LogP contribution in [0.5, 0.6) is 5.75 Å². The van der Waals surface area contributed by atoms with Gasteiger partial charge in [-0.15, -0.1) is 0 Å². The number of hydrogen-bond acceptors (Lipinski definition) is 3. The zero-order chi connectivity index (χ0) is 15.2. The number of nitrogens with zero attached hydrogens (tertiary/aromatic N) is 1. The number of nitrogens with two attached hydrogens (primary N) is 1. The summed E-state index contributed by atoms with van der Waals surface area (Å²) in [6.45, 7) is 9.24. The van der Waals surface area contributed by atoms with Crippen LogP contribution in [0.3, 0.4) is 0 Å². The highest BCUT2D eigenvalue weighted by Crippen LogP contribution is 2.37. The molecule has 0 bridgehead atoms. The lowest BCUT2D eigenvalue weighted by Crippen LogP contribution is -2.39. The van der Waals surface area contributed by atoms with Crippen LogP contribution >= 0.6 is 0 Å². The maximum Gasteiger partial charge on any atom is 0.119 e.